The summed E-state index contributed by atoms with van der Waals surface area (Å²) in [6, 6.07) is 8.40. The first-order valence-electron chi connectivity index (χ1n) is 16.5. The van der Waals surface area contributed by atoms with Crippen LogP contribution in [0.3, 0.4) is 0 Å². The van der Waals surface area contributed by atoms with Gasteiger partial charge in [-0.05, 0) is 24.6 Å². The van der Waals surface area contributed by atoms with Gasteiger partial charge in [-0.3, -0.25) is 4.79 Å². The first-order valence-corrected chi connectivity index (χ1v) is 16.5. The maximum absolute atomic E-state index is 13.2. The Balaban J connectivity index is 1.19. The van der Waals surface area contributed by atoms with Gasteiger partial charge in [0.2, 0.25) is 12.6 Å². The number of fused-ring (bicyclic) bond motifs is 1. The average molecular weight is 743 g/mol. The third-order valence-electron chi connectivity index (χ3n) is 9.50. The highest BCUT2D eigenvalue weighted by atomic mass is 16.8. The summed E-state index contributed by atoms with van der Waals surface area (Å²) in [4.78, 5) is 13.2. The number of benzene rings is 2. The predicted molar refractivity (Wildman–Crippen MR) is 167 cm³/mol. The minimum atomic E-state index is -1.80. The second-order valence-electron chi connectivity index (χ2n) is 13.0. The molecule has 0 radical (unpaired) electrons. The number of ether oxygens (including phenoxy) is 7. The summed E-state index contributed by atoms with van der Waals surface area (Å²) >= 11 is 0. The molecule has 52 heavy (non-hydrogen) atoms. The van der Waals surface area contributed by atoms with Crippen molar-refractivity contribution in [1.29, 1.82) is 0 Å². The Hall–Kier alpha value is -3.25. The van der Waals surface area contributed by atoms with Gasteiger partial charge in [0.15, 0.2) is 18.2 Å². The van der Waals surface area contributed by atoms with E-state index in [9.17, 15) is 61.0 Å². The van der Waals surface area contributed by atoms with Gasteiger partial charge in [0.05, 0.1) is 25.7 Å². The predicted octanol–water partition coefficient (Wildman–Crippen LogP) is -3.69. The van der Waals surface area contributed by atoms with Crippen LogP contribution in [0.2, 0.25) is 0 Å². The third kappa shape index (κ3) is 7.43. The van der Waals surface area contributed by atoms with E-state index in [1.165, 1.54) is 25.1 Å². The lowest BCUT2D eigenvalue weighted by molar-refractivity contribution is -0.354. The van der Waals surface area contributed by atoms with E-state index < -0.39 is 123 Å². The van der Waals surface area contributed by atoms with Gasteiger partial charge in [-0.2, -0.15) is 0 Å². The normalized spacial score (nSPS) is 40.8. The molecule has 19 nitrogen and oxygen atoms in total. The summed E-state index contributed by atoms with van der Waals surface area (Å²) in [5, 5.41) is 113. The van der Waals surface area contributed by atoms with Gasteiger partial charge >= 0.3 is 0 Å². The van der Waals surface area contributed by atoms with Crippen molar-refractivity contribution in [3.05, 3.63) is 47.5 Å². The average Bonchev–Trinajstić information content (AvgIpc) is 3.12. The molecule has 11 N–H and O–H groups in total. The number of hydrogen-bond acceptors (Lipinski definition) is 19. The van der Waals surface area contributed by atoms with Crippen molar-refractivity contribution in [3.63, 3.8) is 0 Å². The number of phenols is 1. The third-order valence-corrected chi connectivity index (χ3v) is 9.50. The fraction of sp³-hybridized carbons (Fsp3) is 0.606. The van der Waals surface area contributed by atoms with E-state index in [1.807, 2.05) is 0 Å². The zero-order valence-electron chi connectivity index (χ0n) is 27.5. The summed E-state index contributed by atoms with van der Waals surface area (Å²) in [6.45, 7) is 0.0222. The Morgan fingerprint density at radius 3 is 1.90 bits per heavy atom. The fourth-order valence-corrected chi connectivity index (χ4v) is 6.44. The number of aliphatic hydroxyl groups excluding tert-OH is 10. The molecule has 4 aliphatic heterocycles. The maximum atomic E-state index is 13.2. The molecular formula is C33H42O19. The summed E-state index contributed by atoms with van der Waals surface area (Å²) in [6.07, 6.45) is -24.2. The molecule has 4 aliphatic rings. The number of Topliss-reactive ketones (excluding diaryl/α,β-unsaturated/α-hetero) is 1. The van der Waals surface area contributed by atoms with Crippen LogP contribution in [0, 0.1) is 0 Å². The van der Waals surface area contributed by atoms with Crippen LogP contribution in [-0.4, -0.2) is 167 Å². The lowest BCUT2D eigenvalue weighted by Gasteiger charge is -2.45. The van der Waals surface area contributed by atoms with E-state index in [2.05, 4.69) is 0 Å². The van der Waals surface area contributed by atoms with Crippen LogP contribution in [0.25, 0.3) is 0 Å². The van der Waals surface area contributed by atoms with Gasteiger partial charge in [0, 0.05) is 12.1 Å². The Labute approximate surface area is 295 Å². The van der Waals surface area contributed by atoms with Crippen molar-refractivity contribution >= 4 is 5.78 Å². The second-order valence-corrected chi connectivity index (χ2v) is 13.0. The summed E-state index contributed by atoms with van der Waals surface area (Å²) in [7, 11) is 0. The van der Waals surface area contributed by atoms with Crippen molar-refractivity contribution in [2.75, 3.05) is 13.2 Å². The van der Waals surface area contributed by atoms with Crippen LogP contribution in [0.4, 0.5) is 0 Å². The van der Waals surface area contributed by atoms with Gasteiger partial charge < -0.3 is 89.3 Å². The van der Waals surface area contributed by atoms with Crippen LogP contribution < -0.4 is 14.2 Å². The SMILES string of the molecule is C[C@H]1O[C@@H](O[C@H]2[C@H](Oc3cc(O)c4c(c3)O[C@@H](c3ccc(O[C@@H]5O[C@H](CO)[C@@H](O)[C@@H](O)[C@H]5O)cc3)CC4=O)O[C@H](CO)[C@@H](O)[C@@H]2O)[C@H](O)[C@@H](O)[C@H]1O. The van der Waals surface area contributed by atoms with E-state index in [0.29, 0.717) is 5.56 Å². The van der Waals surface area contributed by atoms with Crippen LogP contribution in [-0.2, 0) is 18.9 Å². The molecule has 3 fully saturated rings. The summed E-state index contributed by atoms with van der Waals surface area (Å²) in [5.74, 6) is -1.09. The van der Waals surface area contributed by atoms with Crippen LogP contribution in [0.1, 0.15) is 35.4 Å². The summed E-state index contributed by atoms with van der Waals surface area (Å²) in [5.41, 5.74) is 0.345. The van der Waals surface area contributed by atoms with Crippen LogP contribution in [0.5, 0.6) is 23.0 Å². The standard InChI is InChI=1S/C33H42O19/c1-11-22(38)25(41)28(44)31(46-11)52-30-27(43)24(40)20(10-35)51-33(30)48-14-6-15(36)21-16(37)8-17(49-18(21)7-14)12-2-4-13(5-3-12)47-32-29(45)26(42)23(39)19(9-34)50-32/h2-7,11,17,19-20,22-36,38-45H,8-10H2,1H3/t11-,17-,19-,20-,22+,23-,24-,25+,26-,27+,28-,29-,30-,31+,32-,33-/m1/s1. The van der Waals surface area contributed by atoms with Crippen molar-refractivity contribution in [2.24, 2.45) is 0 Å². The second kappa shape index (κ2) is 15.6. The molecule has 0 aromatic heterocycles. The highest BCUT2D eigenvalue weighted by molar-refractivity contribution is 6.02. The molecule has 4 heterocycles. The number of aliphatic hydroxyl groups is 10. The Bertz CT molecular complexity index is 1540. The zero-order chi connectivity index (χ0) is 37.6. The number of rotatable bonds is 9. The van der Waals surface area contributed by atoms with E-state index in [4.69, 9.17) is 33.2 Å². The molecule has 0 saturated carbocycles. The first kappa shape index (κ1) is 38.5. The van der Waals surface area contributed by atoms with Crippen molar-refractivity contribution in [2.45, 2.75) is 112 Å². The Kier molecular flexibility index (Phi) is 11.6. The number of carbonyl (C=O) groups excluding carboxylic acids is 1. The van der Waals surface area contributed by atoms with Crippen molar-refractivity contribution in [3.8, 4) is 23.0 Å². The van der Waals surface area contributed by atoms with E-state index in [0.717, 1.165) is 6.07 Å². The van der Waals surface area contributed by atoms with Gasteiger partial charge in [-0.15, -0.1) is 0 Å². The molecule has 16 atom stereocenters. The molecule has 0 bridgehead atoms. The van der Waals surface area contributed by atoms with Gasteiger partial charge in [-0.1, -0.05) is 12.1 Å². The monoisotopic (exact) mass is 742 g/mol. The maximum Gasteiger partial charge on any atom is 0.229 e. The number of hydrogen-bond donors (Lipinski definition) is 11. The molecule has 0 spiro atoms. The minimum Gasteiger partial charge on any atom is -0.507 e. The van der Waals surface area contributed by atoms with Gasteiger partial charge in [-0.25, -0.2) is 0 Å². The molecule has 0 unspecified atom stereocenters. The van der Waals surface area contributed by atoms with Crippen molar-refractivity contribution in [1.82, 2.24) is 0 Å². The molecule has 3 saturated heterocycles. The smallest absolute Gasteiger partial charge is 0.229 e. The minimum absolute atomic E-state index is 0.0950. The lowest BCUT2D eigenvalue weighted by atomic mass is 9.95. The van der Waals surface area contributed by atoms with Gasteiger partial charge in [0.25, 0.3) is 0 Å². The van der Waals surface area contributed by atoms with Crippen LogP contribution >= 0.6 is 0 Å². The molecule has 0 amide bonds. The molecule has 19 heteroatoms. The first-order chi connectivity index (χ1) is 24.7. The highest BCUT2D eigenvalue weighted by Gasteiger charge is 2.51. The van der Waals surface area contributed by atoms with Crippen LogP contribution in [0.15, 0.2) is 36.4 Å². The van der Waals surface area contributed by atoms with E-state index in [-0.39, 0.29) is 29.2 Å². The number of carbonyl (C=O) groups is 1. The molecule has 2 aromatic carbocycles. The zero-order valence-corrected chi connectivity index (χ0v) is 27.5. The summed E-state index contributed by atoms with van der Waals surface area (Å²) < 4.78 is 39.8. The molecule has 6 rings (SSSR count). The largest absolute Gasteiger partial charge is 0.507 e. The number of phenolic OH excluding ortho intramolecular Hbond substituents is 1. The molecule has 288 valence electrons. The number of ketones is 1. The lowest BCUT2D eigenvalue weighted by Crippen LogP contribution is -2.64. The Morgan fingerprint density at radius 2 is 1.25 bits per heavy atom. The molecular weight excluding hydrogens is 700 g/mol. The quantitative estimate of drug-likeness (QED) is 0.118. The van der Waals surface area contributed by atoms with E-state index in [1.54, 1.807) is 12.1 Å². The van der Waals surface area contributed by atoms with Crippen molar-refractivity contribution < 1.29 is 94.1 Å². The fourth-order valence-electron chi connectivity index (χ4n) is 6.44. The van der Waals surface area contributed by atoms with Gasteiger partial charge in [0.1, 0.15) is 95.7 Å². The highest BCUT2D eigenvalue weighted by Crippen LogP contribution is 2.43. The topological polar surface area (TPSA) is 304 Å². The number of aromatic hydroxyl groups is 1. The Morgan fingerprint density at radius 1 is 0.673 bits per heavy atom. The molecule has 0 aliphatic carbocycles. The molecule has 2 aromatic rings. The van der Waals surface area contributed by atoms with E-state index >= 15 is 0 Å².